The van der Waals surface area contributed by atoms with E-state index in [1.54, 1.807) is 4.90 Å². The number of nitrogens with two attached hydrogens (primary N) is 1. The smallest absolute Gasteiger partial charge is 0.237 e. The van der Waals surface area contributed by atoms with Crippen LogP contribution in [-0.2, 0) is 11.3 Å². The van der Waals surface area contributed by atoms with E-state index in [1.165, 1.54) is 11.8 Å². The van der Waals surface area contributed by atoms with Gasteiger partial charge in [0, 0.05) is 18.0 Å². The minimum atomic E-state index is -0.0251. The Labute approximate surface area is 98.4 Å². The van der Waals surface area contributed by atoms with E-state index in [4.69, 9.17) is 10.8 Å². The number of β-amino-alcohol motifs (C(OH)–C–C–N with tert-alkyl or cyclic N) is 1. The second-order valence-corrected chi connectivity index (χ2v) is 4.58. The molecular weight excluding hydrogens is 224 g/mol. The van der Waals surface area contributed by atoms with Crippen molar-refractivity contribution in [2.45, 2.75) is 11.4 Å². The molecule has 1 aliphatic heterocycles. The molecule has 1 aromatic rings. The number of anilines is 1. The SMILES string of the molecule is NCc1ccc2c(c1)N(CCO)C(=O)CS2. The van der Waals surface area contributed by atoms with Gasteiger partial charge in [-0.05, 0) is 17.7 Å². The Morgan fingerprint density at radius 2 is 2.31 bits per heavy atom. The zero-order valence-corrected chi connectivity index (χ0v) is 9.67. The van der Waals surface area contributed by atoms with Gasteiger partial charge in [0.2, 0.25) is 5.91 Å². The standard InChI is InChI=1S/C11H14N2O2S/c12-6-8-1-2-10-9(5-8)13(3-4-14)11(15)7-16-10/h1-2,5,14H,3-4,6-7,12H2. The normalized spacial score (nSPS) is 15.1. The van der Waals surface area contributed by atoms with Crippen LogP contribution in [-0.4, -0.2) is 29.9 Å². The third-order valence-electron chi connectivity index (χ3n) is 2.53. The highest BCUT2D eigenvalue weighted by Crippen LogP contribution is 2.35. The zero-order valence-electron chi connectivity index (χ0n) is 8.85. The summed E-state index contributed by atoms with van der Waals surface area (Å²) in [6.07, 6.45) is 0. The third-order valence-corrected chi connectivity index (χ3v) is 3.57. The van der Waals surface area contributed by atoms with Crippen LogP contribution in [0.25, 0.3) is 0 Å². The second kappa shape index (κ2) is 4.86. The first kappa shape index (κ1) is 11.4. The molecule has 1 aromatic carbocycles. The molecule has 0 unspecified atom stereocenters. The fraction of sp³-hybridized carbons (Fsp3) is 0.364. The second-order valence-electron chi connectivity index (χ2n) is 3.56. The highest BCUT2D eigenvalue weighted by atomic mass is 32.2. The lowest BCUT2D eigenvalue weighted by atomic mass is 10.2. The number of hydrogen-bond acceptors (Lipinski definition) is 4. The zero-order chi connectivity index (χ0) is 11.5. The fourth-order valence-corrected chi connectivity index (χ4v) is 2.64. The van der Waals surface area contributed by atoms with E-state index in [9.17, 15) is 4.79 Å². The van der Waals surface area contributed by atoms with Crippen LogP contribution in [0.3, 0.4) is 0 Å². The number of fused-ring (bicyclic) bond motifs is 1. The Morgan fingerprint density at radius 3 is 3.00 bits per heavy atom. The third kappa shape index (κ3) is 2.07. The summed E-state index contributed by atoms with van der Waals surface area (Å²) in [4.78, 5) is 14.4. The van der Waals surface area contributed by atoms with Crippen molar-refractivity contribution in [2.75, 3.05) is 23.8 Å². The minimum absolute atomic E-state index is 0.0251. The average Bonchev–Trinajstić information content (AvgIpc) is 2.32. The first-order chi connectivity index (χ1) is 7.76. The highest BCUT2D eigenvalue weighted by Gasteiger charge is 2.24. The first-order valence-corrected chi connectivity index (χ1v) is 6.12. The maximum absolute atomic E-state index is 11.7. The molecule has 5 heteroatoms. The van der Waals surface area contributed by atoms with Gasteiger partial charge in [0.1, 0.15) is 0 Å². The van der Waals surface area contributed by atoms with Gasteiger partial charge in [0.05, 0.1) is 18.0 Å². The lowest BCUT2D eigenvalue weighted by molar-refractivity contribution is -0.116. The number of thioether (sulfide) groups is 1. The van der Waals surface area contributed by atoms with E-state index in [2.05, 4.69) is 0 Å². The van der Waals surface area contributed by atoms with Crippen molar-refractivity contribution in [1.82, 2.24) is 0 Å². The largest absolute Gasteiger partial charge is 0.395 e. The average molecular weight is 238 g/mol. The maximum atomic E-state index is 11.7. The van der Waals surface area contributed by atoms with Crippen LogP contribution in [0, 0.1) is 0 Å². The number of aliphatic hydroxyl groups is 1. The van der Waals surface area contributed by atoms with Crippen molar-refractivity contribution in [1.29, 1.82) is 0 Å². The molecule has 0 saturated carbocycles. The number of rotatable bonds is 3. The summed E-state index contributed by atoms with van der Waals surface area (Å²) < 4.78 is 0. The van der Waals surface area contributed by atoms with Crippen LogP contribution < -0.4 is 10.6 Å². The van der Waals surface area contributed by atoms with E-state index < -0.39 is 0 Å². The van der Waals surface area contributed by atoms with E-state index in [1.807, 2.05) is 18.2 Å². The molecule has 0 bridgehead atoms. The van der Waals surface area contributed by atoms with Crippen molar-refractivity contribution in [3.8, 4) is 0 Å². The summed E-state index contributed by atoms with van der Waals surface area (Å²) >= 11 is 1.53. The summed E-state index contributed by atoms with van der Waals surface area (Å²) in [5.74, 6) is 0.482. The summed E-state index contributed by atoms with van der Waals surface area (Å²) in [6, 6.07) is 5.88. The van der Waals surface area contributed by atoms with Gasteiger partial charge in [-0.15, -0.1) is 11.8 Å². The highest BCUT2D eigenvalue weighted by molar-refractivity contribution is 8.00. The molecule has 0 atom stereocenters. The van der Waals surface area contributed by atoms with E-state index in [0.29, 0.717) is 18.8 Å². The van der Waals surface area contributed by atoms with Crippen molar-refractivity contribution in [3.63, 3.8) is 0 Å². The molecule has 0 radical (unpaired) electrons. The molecule has 2 rings (SSSR count). The molecule has 1 aliphatic rings. The Bertz CT molecular complexity index is 409. The molecule has 1 heterocycles. The predicted octanol–water partition coefficient (Wildman–Crippen LogP) is 0.576. The summed E-state index contributed by atoms with van der Waals surface area (Å²) in [5, 5.41) is 8.96. The Balaban J connectivity index is 2.39. The summed E-state index contributed by atoms with van der Waals surface area (Å²) in [5.41, 5.74) is 7.45. The summed E-state index contributed by atoms with van der Waals surface area (Å²) in [6.45, 7) is 0.780. The van der Waals surface area contributed by atoms with Crippen molar-refractivity contribution in [2.24, 2.45) is 5.73 Å². The molecule has 0 fully saturated rings. The molecule has 1 amide bonds. The molecule has 0 aliphatic carbocycles. The maximum Gasteiger partial charge on any atom is 0.237 e. The van der Waals surface area contributed by atoms with Crippen molar-refractivity contribution in [3.05, 3.63) is 23.8 Å². The fourth-order valence-electron chi connectivity index (χ4n) is 1.72. The van der Waals surface area contributed by atoms with Crippen LogP contribution in [0.1, 0.15) is 5.56 Å². The molecule has 0 aromatic heterocycles. The molecule has 16 heavy (non-hydrogen) atoms. The van der Waals surface area contributed by atoms with Crippen LogP contribution in [0.5, 0.6) is 0 Å². The number of nitrogens with zero attached hydrogens (tertiary/aromatic N) is 1. The Morgan fingerprint density at radius 1 is 1.50 bits per heavy atom. The number of carbonyl (C=O) groups excluding carboxylic acids is 1. The van der Waals surface area contributed by atoms with Gasteiger partial charge in [-0.1, -0.05) is 6.07 Å². The van der Waals surface area contributed by atoms with E-state index in [0.717, 1.165) is 16.1 Å². The lowest BCUT2D eigenvalue weighted by Crippen LogP contribution is -2.37. The monoisotopic (exact) mass is 238 g/mol. The van der Waals surface area contributed by atoms with Crippen LogP contribution in [0.15, 0.2) is 23.1 Å². The molecule has 3 N–H and O–H groups in total. The number of carbonyl (C=O) groups is 1. The number of aliphatic hydroxyl groups excluding tert-OH is 1. The van der Waals surface area contributed by atoms with Crippen molar-refractivity contribution < 1.29 is 9.90 Å². The quantitative estimate of drug-likeness (QED) is 0.808. The number of amides is 1. The van der Waals surface area contributed by atoms with Gasteiger partial charge < -0.3 is 15.7 Å². The van der Waals surface area contributed by atoms with Crippen LogP contribution >= 0.6 is 11.8 Å². The van der Waals surface area contributed by atoms with Crippen molar-refractivity contribution >= 4 is 23.4 Å². The van der Waals surface area contributed by atoms with E-state index >= 15 is 0 Å². The predicted molar refractivity (Wildman–Crippen MR) is 64.5 cm³/mol. The van der Waals surface area contributed by atoms with Crippen LogP contribution in [0.4, 0.5) is 5.69 Å². The van der Waals surface area contributed by atoms with Gasteiger partial charge in [-0.25, -0.2) is 0 Å². The molecule has 0 spiro atoms. The summed E-state index contributed by atoms with van der Waals surface area (Å²) in [7, 11) is 0. The number of hydrogen-bond donors (Lipinski definition) is 2. The molecule has 4 nitrogen and oxygen atoms in total. The first-order valence-electron chi connectivity index (χ1n) is 5.13. The Hall–Kier alpha value is -1.04. The Kier molecular flexibility index (Phi) is 3.48. The van der Waals surface area contributed by atoms with Gasteiger partial charge in [0.25, 0.3) is 0 Å². The topological polar surface area (TPSA) is 66.6 Å². The van der Waals surface area contributed by atoms with Gasteiger partial charge in [0.15, 0.2) is 0 Å². The lowest BCUT2D eigenvalue weighted by Gasteiger charge is -2.28. The number of benzene rings is 1. The molecule has 0 saturated heterocycles. The van der Waals surface area contributed by atoms with Gasteiger partial charge >= 0.3 is 0 Å². The van der Waals surface area contributed by atoms with Gasteiger partial charge in [-0.3, -0.25) is 4.79 Å². The molecular formula is C11H14N2O2S. The van der Waals surface area contributed by atoms with Crippen LogP contribution in [0.2, 0.25) is 0 Å². The van der Waals surface area contributed by atoms with Gasteiger partial charge in [-0.2, -0.15) is 0 Å². The van der Waals surface area contributed by atoms with E-state index in [-0.39, 0.29) is 12.5 Å². The molecule has 86 valence electrons. The minimum Gasteiger partial charge on any atom is -0.395 e.